The second kappa shape index (κ2) is 7.42. The topological polar surface area (TPSA) is 15.3 Å². The summed E-state index contributed by atoms with van der Waals surface area (Å²) in [7, 11) is 0. The lowest BCUT2D eigenvalue weighted by molar-refractivity contribution is 0.247. The summed E-state index contributed by atoms with van der Waals surface area (Å²) in [6.07, 6.45) is 8.16. The Balaban J connectivity index is 1.45. The van der Waals surface area contributed by atoms with Gasteiger partial charge in [0.1, 0.15) is 0 Å². The van der Waals surface area contributed by atoms with Gasteiger partial charge in [0, 0.05) is 25.7 Å². The molecule has 1 aliphatic carbocycles. The molecule has 2 unspecified atom stereocenters. The van der Waals surface area contributed by atoms with Gasteiger partial charge in [0.05, 0.1) is 0 Å². The van der Waals surface area contributed by atoms with Crippen molar-refractivity contribution < 1.29 is 0 Å². The molecular formula is C19H30N2. The van der Waals surface area contributed by atoms with Crippen molar-refractivity contribution in [1.82, 2.24) is 10.2 Å². The first kappa shape index (κ1) is 15.1. The van der Waals surface area contributed by atoms with Crippen LogP contribution in [-0.4, -0.2) is 30.6 Å². The van der Waals surface area contributed by atoms with Crippen LogP contribution < -0.4 is 5.32 Å². The molecule has 1 heterocycles. The standard InChI is InChI=1S/C19H30N2/c1-16-6-4-10-19(14-16)20-11-13-21-12-5-9-17-7-2-3-8-18(17)15-21/h2-3,7-8,16,19-20H,4-6,9-15H2,1H3. The summed E-state index contributed by atoms with van der Waals surface area (Å²) >= 11 is 0. The Morgan fingerprint density at radius 1 is 1.14 bits per heavy atom. The first-order chi connectivity index (χ1) is 10.3. The number of nitrogens with zero attached hydrogens (tertiary/aromatic N) is 1. The molecule has 2 nitrogen and oxygen atoms in total. The minimum Gasteiger partial charge on any atom is -0.313 e. The van der Waals surface area contributed by atoms with E-state index in [-0.39, 0.29) is 0 Å². The van der Waals surface area contributed by atoms with Crippen LogP contribution in [0.2, 0.25) is 0 Å². The van der Waals surface area contributed by atoms with Crippen LogP contribution in [0.25, 0.3) is 0 Å². The highest BCUT2D eigenvalue weighted by Crippen LogP contribution is 2.23. The van der Waals surface area contributed by atoms with Crippen LogP contribution in [0.4, 0.5) is 0 Å². The zero-order valence-corrected chi connectivity index (χ0v) is 13.5. The van der Waals surface area contributed by atoms with Gasteiger partial charge < -0.3 is 5.32 Å². The van der Waals surface area contributed by atoms with E-state index in [9.17, 15) is 0 Å². The molecule has 1 N–H and O–H groups in total. The molecule has 1 aromatic carbocycles. The molecule has 1 saturated carbocycles. The minimum absolute atomic E-state index is 0.771. The second-order valence-electron chi connectivity index (χ2n) is 7.07. The average molecular weight is 286 g/mol. The molecule has 2 aliphatic rings. The molecule has 0 bridgehead atoms. The van der Waals surface area contributed by atoms with E-state index in [0.29, 0.717) is 0 Å². The lowest BCUT2D eigenvalue weighted by atomic mass is 9.87. The maximum absolute atomic E-state index is 3.80. The van der Waals surface area contributed by atoms with Crippen LogP contribution in [0.1, 0.15) is 50.2 Å². The van der Waals surface area contributed by atoms with E-state index in [1.54, 1.807) is 11.1 Å². The van der Waals surface area contributed by atoms with Crippen LogP contribution >= 0.6 is 0 Å². The van der Waals surface area contributed by atoms with Gasteiger partial charge in [0.15, 0.2) is 0 Å². The predicted octanol–water partition coefficient (Wildman–Crippen LogP) is 3.60. The van der Waals surface area contributed by atoms with Crippen LogP contribution in [0.3, 0.4) is 0 Å². The number of rotatable bonds is 4. The van der Waals surface area contributed by atoms with Crippen LogP contribution in [0, 0.1) is 5.92 Å². The summed E-state index contributed by atoms with van der Waals surface area (Å²) in [5.41, 5.74) is 3.11. The zero-order chi connectivity index (χ0) is 14.5. The Hall–Kier alpha value is -0.860. The van der Waals surface area contributed by atoms with E-state index in [2.05, 4.69) is 41.4 Å². The maximum atomic E-state index is 3.80. The average Bonchev–Trinajstić information content (AvgIpc) is 2.69. The lowest BCUT2D eigenvalue weighted by Gasteiger charge is -2.29. The van der Waals surface area contributed by atoms with Gasteiger partial charge in [-0.15, -0.1) is 0 Å². The first-order valence-corrected chi connectivity index (χ1v) is 8.84. The molecule has 1 aromatic rings. The Morgan fingerprint density at radius 3 is 2.86 bits per heavy atom. The van der Waals surface area contributed by atoms with Crippen molar-refractivity contribution in [3.05, 3.63) is 35.4 Å². The van der Waals surface area contributed by atoms with Crippen molar-refractivity contribution in [2.75, 3.05) is 19.6 Å². The Bertz CT molecular complexity index is 443. The van der Waals surface area contributed by atoms with Crippen molar-refractivity contribution in [2.24, 2.45) is 5.92 Å². The maximum Gasteiger partial charge on any atom is 0.0237 e. The van der Waals surface area contributed by atoms with Crippen molar-refractivity contribution >= 4 is 0 Å². The van der Waals surface area contributed by atoms with E-state index in [1.165, 1.54) is 51.6 Å². The van der Waals surface area contributed by atoms with Gasteiger partial charge >= 0.3 is 0 Å². The molecule has 3 rings (SSSR count). The number of nitrogens with one attached hydrogen (secondary N) is 1. The van der Waals surface area contributed by atoms with E-state index >= 15 is 0 Å². The van der Waals surface area contributed by atoms with Crippen molar-refractivity contribution in [3.63, 3.8) is 0 Å². The SMILES string of the molecule is CC1CCCC(NCCN2CCCc3ccccc3C2)C1. The molecule has 1 aliphatic heterocycles. The van der Waals surface area contributed by atoms with Crippen LogP contribution in [-0.2, 0) is 13.0 Å². The third-order valence-electron chi connectivity index (χ3n) is 5.23. The smallest absolute Gasteiger partial charge is 0.0237 e. The highest BCUT2D eigenvalue weighted by atomic mass is 15.1. The summed E-state index contributed by atoms with van der Waals surface area (Å²) in [5.74, 6) is 0.918. The van der Waals surface area contributed by atoms with Gasteiger partial charge in [0.25, 0.3) is 0 Å². The fourth-order valence-electron chi connectivity index (χ4n) is 4.01. The predicted molar refractivity (Wildman–Crippen MR) is 89.5 cm³/mol. The quantitative estimate of drug-likeness (QED) is 0.909. The van der Waals surface area contributed by atoms with Gasteiger partial charge in [-0.1, -0.05) is 44.0 Å². The van der Waals surface area contributed by atoms with Crippen molar-refractivity contribution in [1.29, 1.82) is 0 Å². The normalized spacial score (nSPS) is 27.1. The molecule has 0 amide bonds. The second-order valence-corrected chi connectivity index (χ2v) is 7.07. The summed E-state index contributed by atoms with van der Waals surface area (Å²) < 4.78 is 0. The fraction of sp³-hybridized carbons (Fsp3) is 0.684. The molecule has 0 radical (unpaired) electrons. The van der Waals surface area contributed by atoms with E-state index < -0.39 is 0 Å². The largest absolute Gasteiger partial charge is 0.313 e. The van der Waals surface area contributed by atoms with Crippen molar-refractivity contribution in [2.45, 2.75) is 58.0 Å². The third-order valence-corrected chi connectivity index (χ3v) is 5.23. The highest BCUT2D eigenvalue weighted by molar-refractivity contribution is 5.27. The fourth-order valence-corrected chi connectivity index (χ4v) is 4.01. The van der Waals surface area contributed by atoms with Gasteiger partial charge in [-0.25, -0.2) is 0 Å². The number of hydrogen-bond donors (Lipinski definition) is 1. The summed E-state index contributed by atoms with van der Waals surface area (Å²) in [5, 5.41) is 3.80. The van der Waals surface area contributed by atoms with Gasteiger partial charge in [-0.2, -0.15) is 0 Å². The zero-order valence-electron chi connectivity index (χ0n) is 13.5. The number of fused-ring (bicyclic) bond motifs is 1. The Labute approximate surface area is 129 Å². The Kier molecular flexibility index (Phi) is 5.32. The molecule has 2 heteroatoms. The van der Waals surface area contributed by atoms with Gasteiger partial charge in [0.2, 0.25) is 0 Å². The summed E-state index contributed by atoms with van der Waals surface area (Å²) in [6.45, 7) is 7.13. The van der Waals surface area contributed by atoms with E-state index in [4.69, 9.17) is 0 Å². The molecular weight excluding hydrogens is 256 g/mol. The monoisotopic (exact) mass is 286 g/mol. The molecule has 2 atom stereocenters. The third kappa shape index (κ3) is 4.31. The number of benzene rings is 1. The van der Waals surface area contributed by atoms with Crippen LogP contribution in [0.5, 0.6) is 0 Å². The molecule has 0 spiro atoms. The van der Waals surface area contributed by atoms with E-state index in [0.717, 1.165) is 25.0 Å². The summed E-state index contributed by atoms with van der Waals surface area (Å²) in [4.78, 5) is 2.63. The lowest BCUT2D eigenvalue weighted by Crippen LogP contribution is -2.39. The molecule has 0 saturated heterocycles. The molecule has 21 heavy (non-hydrogen) atoms. The number of aryl methyl sites for hydroxylation is 1. The van der Waals surface area contributed by atoms with Crippen molar-refractivity contribution in [3.8, 4) is 0 Å². The molecule has 1 fully saturated rings. The molecule has 116 valence electrons. The first-order valence-electron chi connectivity index (χ1n) is 8.84. The molecule has 0 aromatic heterocycles. The minimum atomic E-state index is 0.771. The highest BCUT2D eigenvalue weighted by Gasteiger charge is 2.19. The van der Waals surface area contributed by atoms with Gasteiger partial charge in [-0.3, -0.25) is 4.90 Å². The van der Waals surface area contributed by atoms with E-state index in [1.807, 2.05) is 0 Å². The summed E-state index contributed by atoms with van der Waals surface area (Å²) in [6, 6.07) is 9.75. The van der Waals surface area contributed by atoms with Crippen LogP contribution in [0.15, 0.2) is 24.3 Å². The Morgan fingerprint density at radius 2 is 2.00 bits per heavy atom. The van der Waals surface area contributed by atoms with Gasteiger partial charge in [-0.05, 0) is 49.3 Å². The number of hydrogen-bond acceptors (Lipinski definition) is 2.